The lowest BCUT2D eigenvalue weighted by molar-refractivity contribution is -0.129. The first kappa shape index (κ1) is 16.5. The van der Waals surface area contributed by atoms with Gasteiger partial charge in [-0.3, -0.25) is 4.79 Å². The van der Waals surface area contributed by atoms with E-state index in [4.69, 9.17) is 0 Å². The lowest BCUT2D eigenvalue weighted by Gasteiger charge is -2.28. The second kappa shape index (κ2) is 7.14. The highest BCUT2D eigenvalue weighted by atomic mass is 32.2. The molecule has 0 aliphatic carbocycles. The van der Waals surface area contributed by atoms with E-state index >= 15 is 0 Å². The Morgan fingerprint density at radius 1 is 1.28 bits per heavy atom. The van der Waals surface area contributed by atoms with Crippen LogP contribution in [0.5, 0.6) is 0 Å². The minimum absolute atomic E-state index is 0.178. The number of hydrogen-bond donors (Lipinski definition) is 0. The Kier molecular flexibility index (Phi) is 4.72. The van der Waals surface area contributed by atoms with Gasteiger partial charge in [0.05, 0.1) is 5.75 Å². The minimum Gasteiger partial charge on any atom is -0.337 e. The van der Waals surface area contributed by atoms with E-state index in [9.17, 15) is 4.79 Å². The van der Waals surface area contributed by atoms with Gasteiger partial charge < -0.3 is 4.90 Å². The number of aromatic nitrogens is 2. The number of amides is 1. The second-order valence-electron chi connectivity index (χ2n) is 6.09. The van der Waals surface area contributed by atoms with Gasteiger partial charge in [0.25, 0.3) is 0 Å². The van der Waals surface area contributed by atoms with Crippen LogP contribution in [0.4, 0.5) is 0 Å². The summed E-state index contributed by atoms with van der Waals surface area (Å²) in [4.78, 5) is 25.7. The molecule has 0 unspecified atom stereocenters. The fraction of sp³-hybridized carbons (Fsp3) is 0.316. The number of hydrogen-bond acceptors (Lipinski definition) is 5. The van der Waals surface area contributed by atoms with E-state index in [1.807, 2.05) is 11.0 Å². The standard InChI is InChI=1S/C19H19N3OS2/c1-2-15-9-16-18(20-12-21-19(16)25-15)24-11-17(23)22-8-7-13-5-3-4-6-14(13)10-22/h3-6,9,12H,2,7-8,10-11H2,1H3. The molecule has 1 aromatic carbocycles. The number of aryl methyl sites for hydroxylation is 1. The van der Waals surface area contributed by atoms with Crippen molar-refractivity contribution in [3.05, 3.63) is 52.7 Å². The van der Waals surface area contributed by atoms with Crippen LogP contribution in [0.3, 0.4) is 0 Å². The fourth-order valence-electron chi connectivity index (χ4n) is 3.10. The molecule has 0 radical (unpaired) electrons. The van der Waals surface area contributed by atoms with Crippen molar-refractivity contribution in [3.63, 3.8) is 0 Å². The predicted octanol–water partition coefficient (Wildman–Crippen LogP) is 3.93. The van der Waals surface area contributed by atoms with Gasteiger partial charge in [-0.25, -0.2) is 9.97 Å². The average molecular weight is 370 g/mol. The summed E-state index contributed by atoms with van der Waals surface area (Å²) in [5.74, 6) is 0.600. The number of fused-ring (bicyclic) bond motifs is 2. The van der Waals surface area contributed by atoms with Crippen LogP contribution < -0.4 is 0 Å². The predicted molar refractivity (Wildman–Crippen MR) is 103 cm³/mol. The van der Waals surface area contributed by atoms with E-state index in [1.165, 1.54) is 27.8 Å². The maximum absolute atomic E-state index is 12.6. The zero-order valence-corrected chi connectivity index (χ0v) is 15.7. The van der Waals surface area contributed by atoms with Crippen molar-refractivity contribution in [1.29, 1.82) is 0 Å². The first-order valence-electron chi connectivity index (χ1n) is 8.45. The van der Waals surface area contributed by atoms with Crippen LogP contribution in [0.2, 0.25) is 0 Å². The quantitative estimate of drug-likeness (QED) is 0.516. The Balaban J connectivity index is 1.45. The monoisotopic (exact) mass is 369 g/mol. The molecule has 0 bridgehead atoms. The summed E-state index contributed by atoms with van der Waals surface area (Å²) in [5, 5.41) is 1.98. The molecule has 6 heteroatoms. The van der Waals surface area contributed by atoms with Gasteiger partial charge in [0.1, 0.15) is 16.2 Å². The van der Waals surface area contributed by atoms with Crippen molar-refractivity contribution in [1.82, 2.24) is 14.9 Å². The van der Waals surface area contributed by atoms with Gasteiger partial charge in [-0.2, -0.15) is 0 Å². The lowest BCUT2D eigenvalue weighted by atomic mass is 10.00. The highest BCUT2D eigenvalue weighted by molar-refractivity contribution is 8.00. The molecule has 4 nitrogen and oxygen atoms in total. The topological polar surface area (TPSA) is 46.1 Å². The minimum atomic E-state index is 0.178. The lowest BCUT2D eigenvalue weighted by Crippen LogP contribution is -2.37. The summed E-state index contributed by atoms with van der Waals surface area (Å²) < 4.78 is 0. The Morgan fingerprint density at radius 3 is 2.96 bits per heavy atom. The van der Waals surface area contributed by atoms with Crippen LogP contribution >= 0.6 is 23.1 Å². The molecule has 128 valence electrons. The molecule has 1 aliphatic rings. The van der Waals surface area contributed by atoms with Crippen molar-refractivity contribution >= 4 is 39.2 Å². The zero-order chi connectivity index (χ0) is 17.2. The van der Waals surface area contributed by atoms with E-state index < -0.39 is 0 Å². The van der Waals surface area contributed by atoms with Crippen LogP contribution in [-0.4, -0.2) is 33.1 Å². The number of carbonyl (C=O) groups is 1. The summed E-state index contributed by atoms with van der Waals surface area (Å²) >= 11 is 3.23. The Labute approximate surface area is 155 Å². The molecule has 3 heterocycles. The van der Waals surface area contributed by atoms with E-state index in [1.54, 1.807) is 17.7 Å². The largest absolute Gasteiger partial charge is 0.337 e. The van der Waals surface area contributed by atoms with Crippen molar-refractivity contribution in [3.8, 4) is 0 Å². The van der Waals surface area contributed by atoms with Gasteiger partial charge in [0.2, 0.25) is 5.91 Å². The number of benzene rings is 1. The van der Waals surface area contributed by atoms with Crippen molar-refractivity contribution in [2.24, 2.45) is 0 Å². The van der Waals surface area contributed by atoms with Crippen LogP contribution in [-0.2, 0) is 24.2 Å². The molecule has 0 saturated heterocycles. The van der Waals surface area contributed by atoms with Crippen LogP contribution in [0.15, 0.2) is 41.7 Å². The normalized spacial score (nSPS) is 13.9. The molecule has 0 fully saturated rings. The smallest absolute Gasteiger partial charge is 0.233 e. The molecule has 25 heavy (non-hydrogen) atoms. The molecule has 0 saturated carbocycles. The van der Waals surface area contributed by atoms with Gasteiger partial charge in [-0.05, 0) is 30.0 Å². The number of thiophene rings is 1. The number of carbonyl (C=O) groups excluding carboxylic acids is 1. The molecule has 1 amide bonds. The third kappa shape index (κ3) is 3.41. The molecular formula is C19H19N3OS2. The highest BCUT2D eigenvalue weighted by Gasteiger charge is 2.21. The third-order valence-electron chi connectivity index (χ3n) is 4.51. The Hall–Kier alpha value is -1.92. The van der Waals surface area contributed by atoms with E-state index in [2.05, 4.69) is 41.2 Å². The highest BCUT2D eigenvalue weighted by Crippen LogP contribution is 2.31. The molecule has 3 aromatic rings. The summed E-state index contributed by atoms with van der Waals surface area (Å²) in [6, 6.07) is 10.5. The van der Waals surface area contributed by atoms with Gasteiger partial charge in [-0.1, -0.05) is 43.0 Å². The van der Waals surface area contributed by atoms with Gasteiger partial charge in [0, 0.05) is 23.4 Å². The number of thioether (sulfide) groups is 1. The number of rotatable bonds is 4. The second-order valence-corrected chi connectivity index (χ2v) is 8.17. The zero-order valence-electron chi connectivity index (χ0n) is 14.1. The van der Waals surface area contributed by atoms with E-state index in [0.29, 0.717) is 12.3 Å². The first-order valence-corrected chi connectivity index (χ1v) is 10.3. The molecule has 0 spiro atoms. The van der Waals surface area contributed by atoms with Gasteiger partial charge in [0.15, 0.2) is 0 Å². The molecular weight excluding hydrogens is 350 g/mol. The number of nitrogens with zero attached hydrogens (tertiary/aromatic N) is 3. The van der Waals surface area contributed by atoms with Crippen LogP contribution in [0.25, 0.3) is 10.2 Å². The average Bonchev–Trinajstić information content (AvgIpc) is 3.09. The maximum Gasteiger partial charge on any atom is 0.233 e. The molecule has 2 aromatic heterocycles. The van der Waals surface area contributed by atoms with Crippen LogP contribution in [0.1, 0.15) is 22.9 Å². The SMILES string of the molecule is CCc1cc2c(SCC(=O)N3CCc4ccccc4C3)ncnc2s1. The molecule has 4 rings (SSSR count). The van der Waals surface area contributed by atoms with E-state index in [-0.39, 0.29) is 5.91 Å². The molecule has 0 N–H and O–H groups in total. The first-order chi connectivity index (χ1) is 12.2. The summed E-state index contributed by atoms with van der Waals surface area (Å²) in [6.07, 6.45) is 3.54. The van der Waals surface area contributed by atoms with Crippen molar-refractivity contribution in [2.75, 3.05) is 12.3 Å². The van der Waals surface area contributed by atoms with E-state index in [0.717, 1.165) is 34.6 Å². The summed E-state index contributed by atoms with van der Waals surface area (Å²) in [7, 11) is 0. The fourth-order valence-corrected chi connectivity index (χ4v) is 4.98. The Morgan fingerprint density at radius 2 is 2.12 bits per heavy atom. The molecule has 1 aliphatic heterocycles. The van der Waals surface area contributed by atoms with Crippen LogP contribution in [0, 0.1) is 0 Å². The maximum atomic E-state index is 12.6. The summed E-state index contributed by atoms with van der Waals surface area (Å²) in [5.41, 5.74) is 2.63. The third-order valence-corrected chi connectivity index (χ3v) is 6.69. The van der Waals surface area contributed by atoms with Gasteiger partial charge >= 0.3 is 0 Å². The van der Waals surface area contributed by atoms with Crippen molar-refractivity contribution in [2.45, 2.75) is 31.3 Å². The molecule has 0 atom stereocenters. The van der Waals surface area contributed by atoms with Gasteiger partial charge in [-0.15, -0.1) is 11.3 Å². The summed E-state index contributed by atoms with van der Waals surface area (Å²) in [6.45, 7) is 3.66. The van der Waals surface area contributed by atoms with Crippen molar-refractivity contribution < 1.29 is 4.79 Å². The Bertz CT molecular complexity index is 922.